The van der Waals surface area contributed by atoms with Crippen molar-refractivity contribution in [3.05, 3.63) is 28.8 Å². The van der Waals surface area contributed by atoms with Crippen LogP contribution in [0.1, 0.15) is 18.4 Å². The van der Waals surface area contributed by atoms with Gasteiger partial charge in [0.15, 0.2) is 5.84 Å². The Hall–Kier alpha value is -1.42. The average molecular weight is 254 g/mol. The van der Waals surface area contributed by atoms with E-state index in [1.807, 2.05) is 13.1 Å². The third kappa shape index (κ3) is 2.82. The number of rotatable bonds is 4. The van der Waals surface area contributed by atoms with E-state index in [-0.39, 0.29) is 5.84 Å². The predicted molar refractivity (Wildman–Crippen MR) is 70.0 cm³/mol. The van der Waals surface area contributed by atoms with Crippen molar-refractivity contribution in [1.82, 2.24) is 0 Å². The molecule has 0 atom stereocenters. The highest BCUT2D eigenvalue weighted by Crippen LogP contribution is 2.33. The molecule has 0 unspecified atom stereocenters. The Morgan fingerprint density at radius 1 is 1.59 bits per heavy atom. The van der Waals surface area contributed by atoms with Crippen LogP contribution in [0.25, 0.3) is 0 Å². The first-order valence-corrected chi connectivity index (χ1v) is 5.98. The summed E-state index contributed by atoms with van der Waals surface area (Å²) in [6.45, 7) is 1.03. The Morgan fingerprint density at radius 2 is 2.29 bits per heavy atom. The Kier molecular flexibility index (Phi) is 3.43. The van der Waals surface area contributed by atoms with E-state index >= 15 is 0 Å². The number of oxime groups is 1. The lowest BCUT2D eigenvalue weighted by atomic mass is 10.2. The number of halogens is 1. The Labute approximate surface area is 106 Å². The third-order valence-corrected chi connectivity index (χ3v) is 3.29. The van der Waals surface area contributed by atoms with Crippen LogP contribution in [-0.4, -0.2) is 24.6 Å². The van der Waals surface area contributed by atoms with Crippen molar-refractivity contribution in [3.63, 3.8) is 0 Å². The molecule has 4 nitrogen and oxygen atoms in total. The maximum atomic E-state index is 8.59. The molecule has 0 heterocycles. The minimum Gasteiger partial charge on any atom is -0.409 e. The standard InChI is InChI=1S/C12H16ClN3O/c1-16(7-8-2-3-8)11-5-4-9(6-10(11)13)12(14)15-17/h4-6,8,17H,2-3,7H2,1H3,(H2,14,15). The summed E-state index contributed by atoms with van der Waals surface area (Å²) < 4.78 is 0. The largest absolute Gasteiger partial charge is 0.409 e. The van der Waals surface area contributed by atoms with Crippen LogP contribution < -0.4 is 10.6 Å². The molecule has 3 N–H and O–H groups in total. The van der Waals surface area contributed by atoms with Crippen molar-refractivity contribution in [2.75, 3.05) is 18.5 Å². The summed E-state index contributed by atoms with van der Waals surface area (Å²) in [5.41, 5.74) is 7.11. The van der Waals surface area contributed by atoms with Gasteiger partial charge in [0.1, 0.15) is 0 Å². The second-order valence-corrected chi connectivity index (χ2v) is 4.88. The van der Waals surface area contributed by atoms with Crippen molar-refractivity contribution < 1.29 is 5.21 Å². The first-order valence-electron chi connectivity index (χ1n) is 5.60. The summed E-state index contributed by atoms with van der Waals surface area (Å²) in [4.78, 5) is 2.15. The van der Waals surface area contributed by atoms with Gasteiger partial charge in [0.2, 0.25) is 0 Å². The van der Waals surface area contributed by atoms with E-state index in [9.17, 15) is 0 Å². The molecule has 0 aromatic heterocycles. The van der Waals surface area contributed by atoms with E-state index in [0.29, 0.717) is 10.6 Å². The maximum absolute atomic E-state index is 8.59. The quantitative estimate of drug-likeness (QED) is 0.375. The summed E-state index contributed by atoms with van der Waals surface area (Å²) in [6, 6.07) is 5.42. The zero-order valence-electron chi connectivity index (χ0n) is 9.73. The lowest BCUT2D eigenvalue weighted by Gasteiger charge is -2.20. The van der Waals surface area contributed by atoms with E-state index in [2.05, 4.69) is 10.1 Å². The Balaban J connectivity index is 2.18. The molecule has 0 radical (unpaired) electrons. The molecule has 1 aliphatic carbocycles. The van der Waals surface area contributed by atoms with Crippen LogP contribution in [-0.2, 0) is 0 Å². The zero-order chi connectivity index (χ0) is 12.4. The van der Waals surface area contributed by atoms with Crippen molar-refractivity contribution in [2.24, 2.45) is 16.8 Å². The monoisotopic (exact) mass is 253 g/mol. The predicted octanol–water partition coefficient (Wildman–Crippen LogP) is 2.28. The van der Waals surface area contributed by atoms with Gasteiger partial charge in [0.05, 0.1) is 10.7 Å². The molecule has 1 aromatic rings. The second kappa shape index (κ2) is 4.84. The highest BCUT2D eigenvalue weighted by atomic mass is 35.5. The number of anilines is 1. The van der Waals surface area contributed by atoms with Crippen LogP contribution in [0, 0.1) is 5.92 Å². The van der Waals surface area contributed by atoms with Crippen LogP contribution in [0.3, 0.4) is 0 Å². The molecule has 1 aliphatic rings. The molecule has 0 amide bonds. The number of nitrogens with two attached hydrogens (primary N) is 1. The zero-order valence-corrected chi connectivity index (χ0v) is 10.5. The highest BCUT2D eigenvalue weighted by Gasteiger charge is 2.23. The van der Waals surface area contributed by atoms with Gasteiger partial charge in [-0.3, -0.25) is 0 Å². The van der Waals surface area contributed by atoms with Gasteiger partial charge in [-0.1, -0.05) is 16.8 Å². The molecule has 5 heteroatoms. The maximum Gasteiger partial charge on any atom is 0.170 e. The minimum atomic E-state index is 0.0725. The summed E-state index contributed by atoms with van der Waals surface area (Å²) in [7, 11) is 2.03. The van der Waals surface area contributed by atoms with E-state index in [4.69, 9.17) is 22.5 Å². The summed E-state index contributed by atoms with van der Waals surface area (Å²) in [5, 5.41) is 12.2. The summed E-state index contributed by atoms with van der Waals surface area (Å²) in [6.07, 6.45) is 2.62. The van der Waals surface area contributed by atoms with Crippen LogP contribution in [0.5, 0.6) is 0 Å². The van der Waals surface area contributed by atoms with Crippen molar-refractivity contribution in [1.29, 1.82) is 0 Å². The van der Waals surface area contributed by atoms with Gasteiger partial charge in [-0.2, -0.15) is 0 Å². The van der Waals surface area contributed by atoms with E-state index in [0.717, 1.165) is 18.2 Å². The molecule has 17 heavy (non-hydrogen) atoms. The molecule has 1 aromatic carbocycles. The number of benzene rings is 1. The lowest BCUT2D eigenvalue weighted by molar-refractivity contribution is 0.318. The topological polar surface area (TPSA) is 61.8 Å². The van der Waals surface area contributed by atoms with E-state index in [1.165, 1.54) is 12.8 Å². The number of hydrogen-bond acceptors (Lipinski definition) is 3. The molecule has 1 fully saturated rings. The van der Waals surface area contributed by atoms with Crippen molar-refractivity contribution >= 4 is 23.1 Å². The first kappa shape index (κ1) is 12.0. The summed E-state index contributed by atoms with van der Waals surface area (Å²) in [5.74, 6) is 0.878. The SMILES string of the molecule is CN(CC1CC1)c1ccc(C(N)=NO)cc1Cl. The van der Waals surface area contributed by atoms with Gasteiger partial charge in [-0.05, 0) is 37.0 Å². The molecular weight excluding hydrogens is 238 g/mol. The molecule has 0 aliphatic heterocycles. The van der Waals surface area contributed by atoms with Crippen LogP contribution >= 0.6 is 11.6 Å². The molecular formula is C12H16ClN3O. The fraction of sp³-hybridized carbons (Fsp3) is 0.417. The normalized spacial score (nSPS) is 16.0. The van der Waals surface area contributed by atoms with Crippen LogP contribution in [0.2, 0.25) is 5.02 Å². The molecule has 1 saturated carbocycles. The smallest absolute Gasteiger partial charge is 0.170 e. The Morgan fingerprint density at radius 3 is 2.82 bits per heavy atom. The van der Waals surface area contributed by atoms with Gasteiger partial charge >= 0.3 is 0 Å². The van der Waals surface area contributed by atoms with Gasteiger partial charge < -0.3 is 15.8 Å². The average Bonchev–Trinajstić information content (AvgIpc) is 3.11. The molecule has 2 rings (SSSR count). The fourth-order valence-corrected chi connectivity index (χ4v) is 2.14. The van der Waals surface area contributed by atoms with Crippen LogP contribution in [0.15, 0.2) is 23.4 Å². The Bertz CT molecular complexity index is 443. The minimum absolute atomic E-state index is 0.0725. The lowest BCUT2D eigenvalue weighted by Crippen LogP contribution is -2.20. The summed E-state index contributed by atoms with van der Waals surface area (Å²) >= 11 is 6.20. The molecule has 0 saturated heterocycles. The first-order chi connectivity index (χ1) is 8.11. The second-order valence-electron chi connectivity index (χ2n) is 4.48. The van der Waals surface area contributed by atoms with Crippen LogP contribution in [0.4, 0.5) is 5.69 Å². The highest BCUT2D eigenvalue weighted by molar-refractivity contribution is 6.33. The van der Waals surface area contributed by atoms with Gasteiger partial charge in [0.25, 0.3) is 0 Å². The van der Waals surface area contributed by atoms with Crippen molar-refractivity contribution in [3.8, 4) is 0 Å². The van der Waals surface area contributed by atoms with Gasteiger partial charge in [-0.25, -0.2) is 0 Å². The molecule has 0 spiro atoms. The van der Waals surface area contributed by atoms with E-state index < -0.39 is 0 Å². The van der Waals surface area contributed by atoms with E-state index in [1.54, 1.807) is 12.1 Å². The fourth-order valence-electron chi connectivity index (χ4n) is 1.82. The van der Waals surface area contributed by atoms with Gasteiger partial charge in [-0.15, -0.1) is 0 Å². The number of nitrogens with zero attached hydrogens (tertiary/aromatic N) is 2. The number of hydrogen-bond donors (Lipinski definition) is 2. The molecule has 0 bridgehead atoms. The molecule has 92 valence electrons. The number of amidine groups is 1. The van der Waals surface area contributed by atoms with Crippen molar-refractivity contribution in [2.45, 2.75) is 12.8 Å². The third-order valence-electron chi connectivity index (χ3n) is 2.99. The van der Waals surface area contributed by atoms with Gasteiger partial charge in [0, 0.05) is 19.2 Å².